The summed E-state index contributed by atoms with van der Waals surface area (Å²) in [5.74, 6) is -5.56. The molecule has 1 aromatic carbocycles. The molecule has 2 fully saturated rings. The minimum atomic E-state index is -1.39. The van der Waals surface area contributed by atoms with Crippen LogP contribution in [0.4, 0.5) is 0 Å². The molecule has 2 aromatic rings. The third-order valence-electron chi connectivity index (χ3n) is 13.4. The van der Waals surface area contributed by atoms with E-state index in [0.29, 0.717) is 24.3 Å². The van der Waals surface area contributed by atoms with E-state index in [-0.39, 0.29) is 96.8 Å². The third-order valence-corrected chi connectivity index (χ3v) is 15.3. The minimum Gasteiger partial charge on any atom is -0.480 e. The molecule has 2 aliphatic rings. The van der Waals surface area contributed by atoms with Crippen LogP contribution in [0, 0.1) is 23.7 Å². The number of unbranched alkanes of at least 4 members (excludes halogenated alkanes) is 1. The standard InChI is InChI=1S/C50H72N6O12S2/c1-12-30(6)33(23-37(58)43(29(4)5)55(10)40(59)20-16-17-21-56-41(60)25-39(69-11)48(56)65)47(64)54(9)36(28(2)3)24-38(67-31(7)57)46-53-35(27-70-46)45(63)52-34(22-32-18-14-13-15-19-32)44-50(8,68-44)49(66)51-26-42(61)62/h13-15,18-19,27-30,33-34,36,38-39,43-44H,12,16-17,20-26H2,1-11H3,(H,51,66)(H,52,63)(H,61,62)/t30-,33-,34-,36+,38+,39?,43?,44?,50?/m0/s1. The number of imide groups is 1. The number of Topliss-reactive ketones (excluding diaryl/α,β-unsaturated/α-hetero) is 1. The number of thiazole rings is 1. The molecule has 2 saturated heterocycles. The highest BCUT2D eigenvalue weighted by Crippen LogP contribution is 2.40. The Bertz CT molecular complexity index is 2200. The van der Waals surface area contributed by atoms with Crippen LogP contribution in [0.5, 0.6) is 0 Å². The first-order valence-corrected chi connectivity index (χ1v) is 26.2. The van der Waals surface area contributed by atoms with Gasteiger partial charge in [0.2, 0.25) is 23.6 Å². The summed E-state index contributed by atoms with van der Waals surface area (Å²) in [6, 6.07) is 7.22. The second kappa shape index (κ2) is 25.8. The summed E-state index contributed by atoms with van der Waals surface area (Å²) < 4.78 is 11.7. The number of likely N-dealkylation sites (N-methyl/N-ethyl adjacent to an activating group) is 1. The average Bonchev–Trinajstić information content (AvgIpc) is 3.61. The van der Waals surface area contributed by atoms with Crippen LogP contribution >= 0.6 is 23.1 Å². The Morgan fingerprint density at radius 3 is 2.26 bits per heavy atom. The number of hydrogen-bond donors (Lipinski definition) is 3. The van der Waals surface area contributed by atoms with E-state index in [2.05, 4.69) is 15.6 Å². The summed E-state index contributed by atoms with van der Waals surface area (Å²) in [4.78, 5) is 127. The number of ether oxygens (including phenoxy) is 2. The van der Waals surface area contributed by atoms with E-state index in [9.17, 15) is 43.2 Å². The number of nitrogens with zero attached hydrogens (tertiary/aromatic N) is 4. The Morgan fingerprint density at radius 2 is 1.69 bits per heavy atom. The second-order valence-corrected chi connectivity index (χ2v) is 21.2. The molecular weight excluding hydrogens is 941 g/mol. The normalized spacial score (nSPS) is 20.3. The van der Waals surface area contributed by atoms with Crippen molar-refractivity contribution in [2.75, 3.05) is 33.4 Å². The van der Waals surface area contributed by atoms with Crippen molar-refractivity contribution in [2.45, 2.75) is 148 Å². The van der Waals surface area contributed by atoms with Gasteiger partial charge in [-0.15, -0.1) is 11.3 Å². The van der Waals surface area contributed by atoms with Gasteiger partial charge in [-0.05, 0) is 55.8 Å². The van der Waals surface area contributed by atoms with Crippen molar-refractivity contribution >= 4 is 76.3 Å². The lowest BCUT2D eigenvalue weighted by molar-refractivity contribution is -0.150. The zero-order valence-corrected chi connectivity index (χ0v) is 44.0. The lowest BCUT2D eigenvalue weighted by atomic mass is 9.82. The van der Waals surface area contributed by atoms with Crippen LogP contribution in [0.25, 0.3) is 0 Å². The van der Waals surface area contributed by atoms with Gasteiger partial charge >= 0.3 is 11.9 Å². The highest BCUT2D eigenvalue weighted by atomic mass is 32.2. The maximum atomic E-state index is 14.7. The maximum Gasteiger partial charge on any atom is 0.322 e. The molecule has 0 saturated carbocycles. The van der Waals surface area contributed by atoms with Crippen LogP contribution in [-0.4, -0.2) is 146 Å². The Kier molecular flexibility index (Phi) is 21.1. The molecule has 0 spiro atoms. The van der Waals surface area contributed by atoms with Gasteiger partial charge in [-0.3, -0.25) is 48.1 Å². The first-order chi connectivity index (χ1) is 32.9. The minimum absolute atomic E-state index is 0.0244. The molecule has 3 N–H and O–H groups in total. The number of aliphatic carboxylic acids is 1. The molecule has 0 bridgehead atoms. The van der Waals surface area contributed by atoms with Crippen molar-refractivity contribution in [1.82, 2.24) is 30.3 Å². The van der Waals surface area contributed by atoms with Crippen molar-refractivity contribution in [3.05, 3.63) is 52.0 Å². The first kappa shape index (κ1) is 57.4. The topological polar surface area (TPSA) is 242 Å². The molecule has 0 aliphatic carbocycles. The van der Waals surface area contributed by atoms with Crippen molar-refractivity contribution in [1.29, 1.82) is 0 Å². The van der Waals surface area contributed by atoms with Crippen molar-refractivity contribution < 1.29 is 57.7 Å². The van der Waals surface area contributed by atoms with E-state index in [0.717, 1.165) is 16.9 Å². The van der Waals surface area contributed by atoms with Crippen LogP contribution in [0.1, 0.15) is 127 Å². The van der Waals surface area contributed by atoms with Gasteiger partial charge in [-0.25, -0.2) is 4.98 Å². The predicted octanol–water partition coefficient (Wildman–Crippen LogP) is 5.09. The zero-order valence-electron chi connectivity index (χ0n) is 42.4. The SMILES string of the molecule is CC[C@H](C)[C@H](CC(=O)C(C(C)C)N(C)C(=O)CCCCN1C(=O)CC(SC)C1=O)C(=O)N(C)[C@H](C[C@@H](OC(C)=O)c1nc(C(=O)N[C@@H](Cc2ccccc2)C2OC2(C)C(=O)NCC(=O)O)cs1)C(C)C. The number of ketones is 1. The van der Waals surface area contributed by atoms with Crippen LogP contribution < -0.4 is 10.6 Å². The van der Waals surface area contributed by atoms with Gasteiger partial charge in [-0.2, -0.15) is 11.8 Å². The monoisotopic (exact) mass is 1010 g/mol. The number of aromatic nitrogens is 1. The molecule has 1 aromatic heterocycles. The maximum absolute atomic E-state index is 14.7. The second-order valence-electron chi connectivity index (χ2n) is 19.3. The van der Waals surface area contributed by atoms with Crippen molar-refractivity contribution in [3.8, 4) is 0 Å². The van der Waals surface area contributed by atoms with Gasteiger partial charge in [0.25, 0.3) is 11.8 Å². The van der Waals surface area contributed by atoms with Crippen LogP contribution in [-0.2, 0) is 54.3 Å². The number of carboxylic acids is 1. The molecule has 4 rings (SSSR count). The largest absolute Gasteiger partial charge is 0.480 e. The first-order valence-electron chi connectivity index (χ1n) is 24.0. The number of amides is 6. The van der Waals surface area contributed by atoms with E-state index in [1.807, 2.05) is 71.9 Å². The predicted molar refractivity (Wildman–Crippen MR) is 264 cm³/mol. The fourth-order valence-electron chi connectivity index (χ4n) is 9.15. The third kappa shape index (κ3) is 14.9. The summed E-state index contributed by atoms with van der Waals surface area (Å²) in [6.07, 6.45) is 2.12. The molecular formula is C50H72N6O12S2. The number of benzene rings is 1. The molecule has 20 heteroatoms. The number of epoxide rings is 1. The smallest absolute Gasteiger partial charge is 0.322 e. The van der Waals surface area contributed by atoms with Crippen LogP contribution in [0.2, 0.25) is 0 Å². The van der Waals surface area contributed by atoms with Crippen LogP contribution in [0.15, 0.2) is 35.7 Å². The van der Waals surface area contributed by atoms with E-state index in [4.69, 9.17) is 14.6 Å². The summed E-state index contributed by atoms with van der Waals surface area (Å²) in [6.45, 7) is 13.9. The molecule has 6 amide bonds. The van der Waals surface area contributed by atoms with Gasteiger partial charge in [0.05, 0.1) is 17.3 Å². The summed E-state index contributed by atoms with van der Waals surface area (Å²) in [7, 11) is 3.26. The Hall–Kier alpha value is -5.21. The average molecular weight is 1010 g/mol. The Morgan fingerprint density at radius 1 is 1.01 bits per heavy atom. The lowest BCUT2D eigenvalue weighted by Gasteiger charge is -2.37. The lowest BCUT2D eigenvalue weighted by Crippen LogP contribution is -2.49. The highest BCUT2D eigenvalue weighted by Gasteiger charge is 2.62. The number of carboxylic acid groups (broad SMARTS) is 1. The fraction of sp³-hybridized carbons (Fsp3) is 0.640. The molecule has 9 atom stereocenters. The number of nitrogens with one attached hydrogen (secondary N) is 2. The van der Waals surface area contributed by atoms with Gasteiger partial charge in [0.1, 0.15) is 23.4 Å². The Labute approximate surface area is 419 Å². The van der Waals surface area contributed by atoms with Crippen molar-refractivity contribution in [3.63, 3.8) is 0 Å². The number of likely N-dealkylation sites (tertiary alicyclic amines) is 1. The Balaban J connectivity index is 1.47. The fourth-order valence-corrected chi connectivity index (χ4v) is 10.6. The summed E-state index contributed by atoms with van der Waals surface area (Å²) in [5.41, 5.74) is -0.512. The van der Waals surface area contributed by atoms with Gasteiger partial charge < -0.3 is 35.0 Å². The number of esters is 1. The number of carbonyl (C=O) groups is 9. The summed E-state index contributed by atoms with van der Waals surface area (Å²) in [5, 5.41) is 15.9. The highest BCUT2D eigenvalue weighted by molar-refractivity contribution is 8.00. The summed E-state index contributed by atoms with van der Waals surface area (Å²) >= 11 is 2.46. The number of carbonyl (C=O) groups excluding carboxylic acids is 8. The quantitative estimate of drug-likeness (QED) is 0.0436. The number of hydrogen-bond acceptors (Lipinski definition) is 14. The van der Waals surface area contributed by atoms with Gasteiger partial charge in [-0.1, -0.05) is 78.3 Å². The van der Waals surface area contributed by atoms with E-state index < -0.39 is 72.2 Å². The van der Waals surface area contributed by atoms with Gasteiger partial charge in [0.15, 0.2) is 17.5 Å². The van der Waals surface area contributed by atoms with Crippen LogP contribution in [0.3, 0.4) is 0 Å². The molecule has 386 valence electrons. The number of rotatable bonds is 28. The number of thioether (sulfide) groups is 1. The van der Waals surface area contributed by atoms with E-state index in [1.165, 1.54) is 40.8 Å². The van der Waals surface area contributed by atoms with Crippen molar-refractivity contribution in [2.24, 2.45) is 23.7 Å². The van der Waals surface area contributed by atoms with Gasteiger partial charge in [0, 0.05) is 70.6 Å². The molecule has 4 unspecified atom stereocenters. The molecule has 18 nitrogen and oxygen atoms in total. The molecule has 0 radical (unpaired) electrons. The molecule has 3 heterocycles. The molecule has 70 heavy (non-hydrogen) atoms. The molecule has 2 aliphatic heterocycles. The van der Waals surface area contributed by atoms with E-state index in [1.54, 1.807) is 25.3 Å². The van der Waals surface area contributed by atoms with E-state index >= 15 is 0 Å². The zero-order chi connectivity index (χ0) is 52.2.